The van der Waals surface area contributed by atoms with Gasteiger partial charge in [-0.15, -0.1) is 0 Å². The molecule has 0 atom stereocenters. The SMILES string of the molecule is CC(C)c1cccc(C=C(CO)B2OC(C)(C)C(C)(C)O2)c1. The molecule has 1 fully saturated rings. The van der Waals surface area contributed by atoms with Gasteiger partial charge in [0, 0.05) is 0 Å². The van der Waals surface area contributed by atoms with Crippen molar-refractivity contribution in [1.29, 1.82) is 0 Å². The standard InChI is InChI=1S/C18H27BO3/c1-13(2)15-9-7-8-14(10-15)11-16(12-20)19-21-17(3,4)18(5,6)22-19/h7-11,13,20H,12H2,1-6H3. The number of rotatable bonds is 4. The molecule has 1 saturated heterocycles. The van der Waals surface area contributed by atoms with Crippen molar-refractivity contribution in [3.05, 3.63) is 40.9 Å². The number of aliphatic hydroxyl groups is 1. The summed E-state index contributed by atoms with van der Waals surface area (Å²) < 4.78 is 12.0. The van der Waals surface area contributed by atoms with Crippen LogP contribution < -0.4 is 0 Å². The molecule has 1 heterocycles. The van der Waals surface area contributed by atoms with E-state index in [1.807, 2.05) is 45.9 Å². The monoisotopic (exact) mass is 302 g/mol. The summed E-state index contributed by atoms with van der Waals surface area (Å²) in [5.41, 5.74) is 2.29. The molecule has 3 nitrogen and oxygen atoms in total. The summed E-state index contributed by atoms with van der Waals surface area (Å²) in [5.74, 6) is 0.475. The minimum Gasteiger partial charge on any atom is -0.400 e. The molecule has 0 radical (unpaired) electrons. The summed E-state index contributed by atoms with van der Waals surface area (Å²) in [5, 5.41) is 9.74. The van der Waals surface area contributed by atoms with E-state index >= 15 is 0 Å². The molecule has 120 valence electrons. The molecule has 22 heavy (non-hydrogen) atoms. The summed E-state index contributed by atoms with van der Waals surface area (Å²) in [6, 6.07) is 8.34. The minimum atomic E-state index is -0.502. The maximum atomic E-state index is 9.74. The van der Waals surface area contributed by atoms with E-state index < -0.39 is 18.3 Å². The summed E-state index contributed by atoms with van der Waals surface area (Å²) >= 11 is 0. The predicted octanol–water partition coefficient (Wildman–Crippen LogP) is 3.82. The normalized spacial score (nSPS) is 20.7. The Morgan fingerprint density at radius 1 is 1.18 bits per heavy atom. The predicted molar refractivity (Wildman–Crippen MR) is 91.7 cm³/mol. The molecule has 0 aliphatic carbocycles. The third-order valence-corrected chi connectivity index (χ3v) is 4.67. The lowest BCUT2D eigenvalue weighted by atomic mass is 9.77. The largest absolute Gasteiger partial charge is 0.492 e. The van der Waals surface area contributed by atoms with Gasteiger partial charge in [-0.1, -0.05) is 44.2 Å². The molecule has 1 aromatic carbocycles. The Labute approximate surface area is 134 Å². The fourth-order valence-electron chi connectivity index (χ4n) is 2.40. The fraction of sp³-hybridized carbons (Fsp3) is 0.556. The van der Waals surface area contributed by atoms with Crippen molar-refractivity contribution in [3.63, 3.8) is 0 Å². The van der Waals surface area contributed by atoms with Crippen LogP contribution in [0.15, 0.2) is 29.7 Å². The molecule has 0 aromatic heterocycles. The van der Waals surface area contributed by atoms with Crippen LogP contribution in [0.25, 0.3) is 6.08 Å². The maximum absolute atomic E-state index is 9.74. The van der Waals surface area contributed by atoms with E-state index in [0.717, 1.165) is 11.0 Å². The third-order valence-electron chi connectivity index (χ3n) is 4.67. The fourth-order valence-corrected chi connectivity index (χ4v) is 2.40. The Balaban J connectivity index is 2.27. The van der Waals surface area contributed by atoms with Gasteiger partial charge in [0.25, 0.3) is 0 Å². The lowest BCUT2D eigenvalue weighted by Gasteiger charge is -2.32. The molecule has 0 saturated carbocycles. The first kappa shape index (κ1) is 17.3. The lowest BCUT2D eigenvalue weighted by Crippen LogP contribution is -2.41. The summed E-state index contributed by atoms with van der Waals surface area (Å²) in [6.45, 7) is 12.3. The van der Waals surface area contributed by atoms with Gasteiger partial charge in [0.2, 0.25) is 0 Å². The highest BCUT2D eigenvalue weighted by atomic mass is 16.7. The summed E-state index contributed by atoms with van der Waals surface area (Å²) in [6.07, 6.45) is 1.97. The van der Waals surface area contributed by atoms with E-state index in [9.17, 15) is 5.11 Å². The van der Waals surface area contributed by atoms with Gasteiger partial charge in [0.05, 0.1) is 17.8 Å². The second-order valence-corrected chi connectivity index (χ2v) is 7.29. The first-order valence-corrected chi connectivity index (χ1v) is 7.93. The van der Waals surface area contributed by atoms with Crippen LogP contribution in [-0.4, -0.2) is 30.0 Å². The molecule has 1 N–H and O–H groups in total. The summed E-state index contributed by atoms with van der Waals surface area (Å²) in [4.78, 5) is 0. The molecular formula is C18H27BO3. The Hall–Kier alpha value is -1.10. The Morgan fingerprint density at radius 2 is 1.77 bits per heavy atom. The van der Waals surface area contributed by atoms with Gasteiger partial charge in [-0.25, -0.2) is 0 Å². The number of aliphatic hydroxyl groups excluding tert-OH is 1. The molecule has 1 aliphatic heterocycles. The average molecular weight is 302 g/mol. The van der Waals surface area contributed by atoms with Crippen LogP contribution in [0.5, 0.6) is 0 Å². The van der Waals surface area contributed by atoms with Crippen molar-refractivity contribution in [3.8, 4) is 0 Å². The molecule has 0 amide bonds. The number of benzene rings is 1. The van der Waals surface area contributed by atoms with Gasteiger partial charge in [-0.2, -0.15) is 0 Å². The van der Waals surface area contributed by atoms with Crippen molar-refractivity contribution >= 4 is 13.2 Å². The van der Waals surface area contributed by atoms with Gasteiger partial charge >= 0.3 is 7.12 Å². The van der Waals surface area contributed by atoms with Crippen molar-refractivity contribution in [2.45, 2.75) is 58.7 Å². The van der Waals surface area contributed by atoms with Crippen LogP contribution in [0, 0.1) is 0 Å². The van der Waals surface area contributed by atoms with Gasteiger partial charge in [-0.3, -0.25) is 0 Å². The second kappa shape index (κ2) is 6.19. The zero-order valence-corrected chi connectivity index (χ0v) is 14.5. The molecule has 1 aromatic rings. The number of hydrogen-bond acceptors (Lipinski definition) is 3. The van der Waals surface area contributed by atoms with Crippen LogP contribution in [0.3, 0.4) is 0 Å². The zero-order valence-electron chi connectivity index (χ0n) is 14.5. The van der Waals surface area contributed by atoms with E-state index in [0.29, 0.717) is 5.92 Å². The quantitative estimate of drug-likeness (QED) is 0.859. The average Bonchev–Trinajstić information content (AvgIpc) is 2.65. The molecule has 4 heteroatoms. The minimum absolute atomic E-state index is 0.0806. The van der Waals surface area contributed by atoms with Crippen LogP contribution in [-0.2, 0) is 9.31 Å². The van der Waals surface area contributed by atoms with E-state index in [1.54, 1.807) is 0 Å². The smallest absolute Gasteiger partial charge is 0.400 e. The van der Waals surface area contributed by atoms with Crippen molar-refractivity contribution in [2.24, 2.45) is 0 Å². The van der Waals surface area contributed by atoms with E-state index in [2.05, 4.69) is 26.0 Å². The lowest BCUT2D eigenvalue weighted by molar-refractivity contribution is 0.00578. The van der Waals surface area contributed by atoms with Gasteiger partial charge in [0.1, 0.15) is 0 Å². The molecule has 0 spiro atoms. The van der Waals surface area contributed by atoms with Gasteiger partial charge in [0.15, 0.2) is 0 Å². The molecule has 2 rings (SSSR count). The Morgan fingerprint density at radius 3 is 2.27 bits per heavy atom. The zero-order chi connectivity index (χ0) is 16.5. The summed E-state index contributed by atoms with van der Waals surface area (Å²) in [7, 11) is -0.502. The van der Waals surface area contributed by atoms with Crippen molar-refractivity contribution < 1.29 is 14.4 Å². The van der Waals surface area contributed by atoms with Crippen LogP contribution in [0.1, 0.15) is 58.6 Å². The topological polar surface area (TPSA) is 38.7 Å². The molecule has 0 unspecified atom stereocenters. The Kier molecular flexibility index (Phi) is 4.86. The first-order chi connectivity index (χ1) is 10.2. The highest BCUT2D eigenvalue weighted by Crippen LogP contribution is 2.38. The second-order valence-electron chi connectivity index (χ2n) is 7.29. The van der Waals surface area contributed by atoms with Crippen LogP contribution >= 0.6 is 0 Å². The number of hydrogen-bond donors (Lipinski definition) is 1. The molecular weight excluding hydrogens is 275 g/mol. The van der Waals surface area contributed by atoms with Gasteiger partial charge < -0.3 is 14.4 Å². The molecule has 1 aliphatic rings. The maximum Gasteiger partial charge on any atom is 0.492 e. The van der Waals surface area contributed by atoms with E-state index in [4.69, 9.17) is 9.31 Å². The van der Waals surface area contributed by atoms with Crippen molar-refractivity contribution in [1.82, 2.24) is 0 Å². The van der Waals surface area contributed by atoms with E-state index in [-0.39, 0.29) is 6.61 Å². The van der Waals surface area contributed by atoms with Crippen LogP contribution in [0.4, 0.5) is 0 Å². The van der Waals surface area contributed by atoms with E-state index in [1.165, 1.54) is 5.56 Å². The van der Waals surface area contributed by atoms with Crippen LogP contribution in [0.2, 0.25) is 0 Å². The third kappa shape index (κ3) is 3.45. The highest BCUT2D eigenvalue weighted by molar-refractivity contribution is 6.55. The first-order valence-electron chi connectivity index (χ1n) is 7.93. The molecule has 0 bridgehead atoms. The van der Waals surface area contributed by atoms with Crippen molar-refractivity contribution in [2.75, 3.05) is 6.61 Å². The highest BCUT2D eigenvalue weighted by Gasteiger charge is 2.52. The van der Waals surface area contributed by atoms with Gasteiger partial charge in [-0.05, 0) is 50.2 Å². The Bertz CT molecular complexity index is 545.